The first-order chi connectivity index (χ1) is 14.5. The molecule has 0 aliphatic carbocycles. The Bertz CT molecular complexity index is 1240. The summed E-state index contributed by atoms with van der Waals surface area (Å²) in [5.74, 6) is -0.221. The number of amides is 1. The fraction of sp³-hybridized carbons (Fsp3) is 0.250. The smallest absolute Gasteiger partial charge is 0.275 e. The first-order valence-electron chi connectivity index (χ1n) is 10.2. The molecule has 5 nitrogen and oxygen atoms in total. The van der Waals surface area contributed by atoms with Gasteiger partial charge in [0, 0.05) is 25.7 Å². The summed E-state index contributed by atoms with van der Waals surface area (Å²) in [4.78, 5) is 25.2. The van der Waals surface area contributed by atoms with E-state index in [0.717, 1.165) is 5.52 Å². The second-order valence-electron chi connectivity index (χ2n) is 7.57. The molecule has 2 heterocycles. The highest BCUT2D eigenvalue weighted by Gasteiger charge is 2.12. The molecule has 0 fully saturated rings. The third-order valence-electron chi connectivity index (χ3n) is 5.46. The van der Waals surface area contributed by atoms with Gasteiger partial charge in [0.2, 0.25) is 5.91 Å². The summed E-state index contributed by atoms with van der Waals surface area (Å²) < 4.78 is 17.2. The fourth-order valence-electron chi connectivity index (χ4n) is 3.80. The van der Waals surface area contributed by atoms with Gasteiger partial charge in [0.05, 0.1) is 11.0 Å². The summed E-state index contributed by atoms with van der Waals surface area (Å²) >= 11 is 0. The van der Waals surface area contributed by atoms with Crippen molar-refractivity contribution in [3.05, 3.63) is 88.6 Å². The third-order valence-corrected chi connectivity index (χ3v) is 5.46. The molecule has 0 aliphatic heterocycles. The second kappa shape index (κ2) is 8.53. The Kier molecular flexibility index (Phi) is 5.65. The number of fused-ring (bicyclic) bond motifs is 3. The van der Waals surface area contributed by atoms with E-state index >= 15 is 0 Å². The predicted octanol–water partition coefficient (Wildman–Crippen LogP) is 4.09. The first kappa shape index (κ1) is 19.9. The number of carbonyl (C=O) groups excluding carboxylic acids is 1. The normalized spacial score (nSPS) is 12.3. The largest absolute Gasteiger partial charge is 0.356 e. The minimum Gasteiger partial charge on any atom is -0.356 e. The SMILES string of the molecule is C[C@@H](CNC(=O)CCCn1c(=O)c2cccn2c2ccc(F)cc21)c1ccccc1. The number of nitrogens with zero attached hydrogens (tertiary/aromatic N) is 2. The van der Waals surface area contributed by atoms with Crippen LogP contribution in [-0.2, 0) is 11.3 Å². The predicted molar refractivity (Wildman–Crippen MR) is 116 cm³/mol. The Morgan fingerprint density at radius 1 is 1.03 bits per heavy atom. The van der Waals surface area contributed by atoms with Crippen LogP contribution in [0.4, 0.5) is 4.39 Å². The van der Waals surface area contributed by atoms with Crippen LogP contribution in [0.2, 0.25) is 0 Å². The maximum absolute atomic E-state index is 13.9. The van der Waals surface area contributed by atoms with Crippen molar-refractivity contribution < 1.29 is 9.18 Å². The van der Waals surface area contributed by atoms with Crippen LogP contribution in [0.25, 0.3) is 16.6 Å². The lowest BCUT2D eigenvalue weighted by Gasteiger charge is -2.14. The Hall–Kier alpha value is -3.41. The summed E-state index contributed by atoms with van der Waals surface area (Å²) in [6, 6.07) is 18.0. The number of hydrogen-bond donors (Lipinski definition) is 1. The quantitative estimate of drug-likeness (QED) is 0.503. The summed E-state index contributed by atoms with van der Waals surface area (Å²) in [7, 11) is 0. The van der Waals surface area contributed by atoms with E-state index in [1.54, 1.807) is 33.4 Å². The molecule has 0 spiro atoms. The highest BCUT2D eigenvalue weighted by molar-refractivity contribution is 5.79. The first-order valence-corrected chi connectivity index (χ1v) is 10.2. The summed E-state index contributed by atoms with van der Waals surface area (Å²) in [6.45, 7) is 2.98. The zero-order valence-electron chi connectivity index (χ0n) is 16.8. The molecule has 1 N–H and O–H groups in total. The van der Waals surface area contributed by atoms with Crippen LogP contribution >= 0.6 is 0 Å². The molecule has 4 aromatic rings. The van der Waals surface area contributed by atoms with Gasteiger partial charge in [-0.25, -0.2) is 4.39 Å². The summed E-state index contributed by atoms with van der Waals surface area (Å²) in [5, 5.41) is 2.96. The van der Waals surface area contributed by atoms with Gasteiger partial charge >= 0.3 is 0 Å². The van der Waals surface area contributed by atoms with Crippen LogP contribution in [0.15, 0.2) is 71.7 Å². The molecule has 0 radical (unpaired) electrons. The highest BCUT2D eigenvalue weighted by atomic mass is 19.1. The number of aryl methyl sites for hydroxylation is 1. The van der Waals surface area contributed by atoms with Crippen molar-refractivity contribution in [3.8, 4) is 0 Å². The average Bonchev–Trinajstić information content (AvgIpc) is 3.25. The van der Waals surface area contributed by atoms with E-state index in [-0.39, 0.29) is 17.4 Å². The molecule has 154 valence electrons. The van der Waals surface area contributed by atoms with Crippen LogP contribution in [0.3, 0.4) is 0 Å². The van der Waals surface area contributed by atoms with Crippen molar-refractivity contribution in [3.63, 3.8) is 0 Å². The van der Waals surface area contributed by atoms with Gasteiger partial charge in [-0.05, 0) is 48.2 Å². The summed E-state index contributed by atoms with van der Waals surface area (Å²) in [5.41, 5.74) is 2.82. The van der Waals surface area contributed by atoms with Crippen LogP contribution in [0, 0.1) is 5.82 Å². The Balaban J connectivity index is 1.43. The molecule has 1 atom stereocenters. The van der Waals surface area contributed by atoms with Gasteiger partial charge in [-0.15, -0.1) is 0 Å². The van der Waals surface area contributed by atoms with Gasteiger partial charge in [-0.1, -0.05) is 37.3 Å². The molecule has 2 aromatic carbocycles. The van der Waals surface area contributed by atoms with Gasteiger partial charge in [-0.2, -0.15) is 0 Å². The van der Waals surface area contributed by atoms with Crippen molar-refractivity contribution in [2.75, 3.05) is 6.54 Å². The van der Waals surface area contributed by atoms with Crippen molar-refractivity contribution in [2.45, 2.75) is 32.2 Å². The molecule has 0 unspecified atom stereocenters. The molecular weight excluding hydrogens is 381 g/mol. The Labute approximate surface area is 173 Å². The Morgan fingerprint density at radius 3 is 2.63 bits per heavy atom. The van der Waals surface area contributed by atoms with E-state index in [0.29, 0.717) is 37.0 Å². The minimum atomic E-state index is -0.394. The molecule has 1 amide bonds. The zero-order valence-corrected chi connectivity index (χ0v) is 16.8. The number of rotatable bonds is 7. The minimum absolute atomic E-state index is 0.0509. The molecule has 4 rings (SSSR count). The van der Waals surface area contributed by atoms with E-state index in [1.165, 1.54) is 17.7 Å². The average molecular weight is 405 g/mol. The van der Waals surface area contributed by atoms with Crippen LogP contribution in [-0.4, -0.2) is 21.4 Å². The summed E-state index contributed by atoms with van der Waals surface area (Å²) in [6.07, 6.45) is 2.59. The van der Waals surface area contributed by atoms with E-state index < -0.39 is 5.82 Å². The van der Waals surface area contributed by atoms with Gasteiger partial charge in [-0.3, -0.25) is 9.59 Å². The fourth-order valence-corrected chi connectivity index (χ4v) is 3.80. The third kappa shape index (κ3) is 3.99. The van der Waals surface area contributed by atoms with Crippen molar-refractivity contribution in [1.82, 2.24) is 14.3 Å². The number of carbonyl (C=O) groups is 1. The van der Waals surface area contributed by atoms with Crippen LogP contribution in [0.1, 0.15) is 31.2 Å². The van der Waals surface area contributed by atoms with Crippen molar-refractivity contribution in [2.24, 2.45) is 0 Å². The number of hydrogen-bond acceptors (Lipinski definition) is 2. The van der Waals surface area contributed by atoms with E-state index in [2.05, 4.69) is 12.2 Å². The monoisotopic (exact) mass is 405 g/mol. The molecule has 0 saturated heterocycles. The van der Waals surface area contributed by atoms with Crippen molar-refractivity contribution in [1.29, 1.82) is 0 Å². The lowest BCUT2D eigenvalue weighted by atomic mass is 10.0. The van der Waals surface area contributed by atoms with Gasteiger partial charge in [0.15, 0.2) is 0 Å². The molecule has 6 heteroatoms. The van der Waals surface area contributed by atoms with Gasteiger partial charge in [0.25, 0.3) is 5.56 Å². The van der Waals surface area contributed by atoms with E-state index in [4.69, 9.17) is 0 Å². The van der Waals surface area contributed by atoms with Crippen LogP contribution < -0.4 is 10.9 Å². The lowest BCUT2D eigenvalue weighted by Crippen LogP contribution is -2.28. The van der Waals surface area contributed by atoms with Gasteiger partial charge in [0.1, 0.15) is 11.3 Å². The van der Waals surface area contributed by atoms with Gasteiger partial charge < -0.3 is 14.3 Å². The molecular formula is C24H24FN3O2. The lowest BCUT2D eigenvalue weighted by molar-refractivity contribution is -0.121. The maximum Gasteiger partial charge on any atom is 0.275 e. The maximum atomic E-state index is 13.9. The number of nitrogens with one attached hydrogen (secondary N) is 1. The van der Waals surface area contributed by atoms with E-state index in [1.807, 2.05) is 30.3 Å². The number of halogens is 1. The zero-order chi connectivity index (χ0) is 21.1. The van der Waals surface area contributed by atoms with E-state index in [9.17, 15) is 14.0 Å². The molecule has 30 heavy (non-hydrogen) atoms. The molecule has 0 saturated carbocycles. The second-order valence-corrected chi connectivity index (χ2v) is 7.57. The topological polar surface area (TPSA) is 55.5 Å². The van der Waals surface area contributed by atoms with Crippen LogP contribution in [0.5, 0.6) is 0 Å². The molecule has 0 bridgehead atoms. The number of benzene rings is 2. The van der Waals surface area contributed by atoms with Crippen molar-refractivity contribution >= 4 is 22.5 Å². The standard InChI is InChI=1S/C24H24FN3O2/c1-17(18-7-3-2-4-8-18)16-26-23(29)10-6-14-28-22-15-19(25)11-12-20(22)27-13-5-9-21(27)24(28)30/h2-5,7-9,11-13,15,17H,6,10,14,16H2,1H3,(H,26,29)/t17-/m0/s1. The Morgan fingerprint density at radius 2 is 1.83 bits per heavy atom. The molecule has 0 aliphatic rings. The number of aromatic nitrogens is 2. The molecule has 2 aromatic heterocycles. The highest BCUT2D eigenvalue weighted by Crippen LogP contribution is 2.17.